The van der Waals surface area contributed by atoms with Crippen LogP contribution in [-0.2, 0) is 23.0 Å². The van der Waals surface area contributed by atoms with E-state index in [1.807, 2.05) is 18.4 Å². The number of sulfonamides is 1. The minimum atomic E-state index is -3.50. The molecule has 1 heterocycles. The van der Waals surface area contributed by atoms with Gasteiger partial charge in [-0.2, -0.15) is 0 Å². The molecule has 27 heavy (non-hydrogen) atoms. The van der Waals surface area contributed by atoms with Crippen molar-refractivity contribution in [3.63, 3.8) is 0 Å². The maximum absolute atomic E-state index is 12.2. The van der Waals surface area contributed by atoms with Crippen LogP contribution in [0.15, 0.2) is 40.5 Å². The van der Waals surface area contributed by atoms with Crippen molar-refractivity contribution in [2.45, 2.75) is 31.7 Å². The third kappa shape index (κ3) is 6.33. The maximum Gasteiger partial charge on any atom is 0.240 e. The third-order valence-corrected chi connectivity index (χ3v) is 5.40. The van der Waals surface area contributed by atoms with Gasteiger partial charge in [-0.3, -0.25) is 4.99 Å². The molecule has 10 heteroatoms. The van der Waals surface area contributed by atoms with Gasteiger partial charge in [0, 0.05) is 39.6 Å². The maximum atomic E-state index is 12.2. The molecule has 0 unspecified atom stereocenters. The van der Waals surface area contributed by atoms with Crippen molar-refractivity contribution < 1.29 is 8.42 Å². The molecule has 3 N–H and O–H groups in total. The van der Waals surface area contributed by atoms with Crippen molar-refractivity contribution in [1.29, 1.82) is 0 Å². The summed E-state index contributed by atoms with van der Waals surface area (Å²) in [4.78, 5) is 4.39. The molecular formula is C17H27N7O2S. The van der Waals surface area contributed by atoms with Crippen LogP contribution >= 0.6 is 0 Å². The number of benzene rings is 1. The number of aromatic nitrogens is 3. The Morgan fingerprint density at radius 2 is 1.85 bits per heavy atom. The summed E-state index contributed by atoms with van der Waals surface area (Å²) in [5.41, 5.74) is 1.02. The number of nitrogens with zero attached hydrogens (tertiary/aromatic N) is 4. The second kappa shape index (κ2) is 10.0. The van der Waals surface area contributed by atoms with E-state index in [-0.39, 0.29) is 11.4 Å². The van der Waals surface area contributed by atoms with E-state index in [9.17, 15) is 8.42 Å². The molecule has 0 fully saturated rings. The van der Waals surface area contributed by atoms with Crippen LogP contribution in [-0.4, -0.2) is 55.8 Å². The van der Waals surface area contributed by atoms with E-state index < -0.39 is 10.0 Å². The summed E-state index contributed by atoms with van der Waals surface area (Å²) >= 11 is 0. The average molecular weight is 394 g/mol. The van der Waals surface area contributed by atoms with Crippen LogP contribution in [0.25, 0.3) is 0 Å². The lowest BCUT2D eigenvalue weighted by molar-refractivity contribution is 0.580. The molecule has 148 valence electrons. The fourth-order valence-corrected chi connectivity index (χ4v) is 3.45. The third-order valence-electron chi connectivity index (χ3n) is 3.92. The first-order valence-corrected chi connectivity index (χ1v) is 10.3. The monoisotopic (exact) mass is 393 g/mol. The quantitative estimate of drug-likeness (QED) is 0.321. The minimum absolute atomic E-state index is 0.252. The van der Waals surface area contributed by atoms with Crippen molar-refractivity contribution in [3.8, 4) is 0 Å². The molecule has 0 aliphatic rings. The molecule has 2 aromatic rings. The predicted octanol–water partition coefficient (Wildman–Crippen LogP) is 0.292. The fraction of sp³-hybridized carbons (Fsp3) is 0.471. The SMILES string of the molecule is CCc1nncn1CCNC(=NC)NCCNS(=O)(=O)c1ccc(C)cc1. The Kier molecular flexibility index (Phi) is 7.74. The van der Waals surface area contributed by atoms with Gasteiger partial charge in [-0.05, 0) is 19.1 Å². The molecule has 0 aliphatic carbocycles. The highest BCUT2D eigenvalue weighted by Crippen LogP contribution is 2.09. The van der Waals surface area contributed by atoms with Crippen LogP contribution in [0.4, 0.5) is 0 Å². The Balaban J connectivity index is 1.72. The van der Waals surface area contributed by atoms with Gasteiger partial charge in [-0.25, -0.2) is 13.1 Å². The topological polar surface area (TPSA) is 113 Å². The van der Waals surface area contributed by atoms with Crippen molar-refractivity contribution in [1.82, 2.24) is 30.1 Å². The summed E-state index contributed by atoms with van der Waals surface area (Å²) < 4.78 is 29.0. The van der Waals surface area contributed by atoms with Crippen LogP contribution in [0, 0.1) is 6.92 Å². The Bertz CT molecular complexity index is 844. The van der Waals surface area contributed by atoms with E-state index in [4.69, 9.17) is 0 Å². The van der Waals surface area contributed by atoms with Crippen LogP contribution in [0.1, 0.15) is 18.3 Å². The first kappa shape index (κ1) is 20.8. The summed E-state index contributed by atoms with van der Waals surface area (Å²) in [6.07, 6.45) is 2.53. The smallest absolute Gasteiger partial charge is 0.240 e. The molecular weight excluding hydrogens is 366 g/mol. The van der Waals surface area contributed by atoms with E-state index in [0.717, 1.165) is 24.4 Å². The number of aryl methyl sites for hydroxylation is 2. The van der Waals surface area contributed by atoms with Gasteiger partial charge < -0.3 is 15.2 Å². The molecule has 0 atom stereocenters. The number of rotatable bonds is 9. The summed E-state index contributed by atoms with van der Waals surface area (Å²) in [7, 11) is -1.83. The van der Waals surface area contributed by atoms with Crippen LogP contribution < -0.4 is 15.4 Å². The molecule has 2 rings (SSSR count). The fourth-order valence-electron chi connectivity index (χ4n) is 2.42. The van der Waals surface area contributed by atoms with Gasteiger partial charge in [0.25, 0.3) is 0 Å². The standard InChI is InChI=1S/C17H27N7O2S/c1-4-16-23-21-13-24(16)12-11-20-17(18-3)19-9-10-22-27(25,26)15-7-5-14(2)6-8-15/h5-8,13,22H,4,9-12H2,1-3H3,(H2,18,19,20). The zero-order valence-electron chi connectivity index (χ0n) is 15.9. The lowest BCUT2D eigenvalue weighted by Crippen LogP contribution is -2.42. The molecule has 1 aromatic heterocycles. The van der Waals surface area contributed by atoms with Gasteiger partial charge in [-0.1, -0.05) is 24.6 Å². The highest BCUT2D eigenvalue weighted by Gasteiger charge is 2.12. The lowest BCUT2D eigenvalue weighted by atomic mass is 10.2. The first-order valence-electron chi connectivity index (χ1n) is 8.83. The number of nitrogens with one attached hydrogen (secondary N) is 3. The highest BCUT2D eigenvalue weighted by molar-refractivity contribution is 7.89. The normalized spacial score (nSPS) is 12.2. The highest BCUT2D eigenvalue weighted by atomic mass is 32.2. The van der Waals surface area contributed by atoms with Gasteiger partial charge in [-0.15, -0.1) is 10.2 Å². The van der Waals surface area contributed by atoms with E-state index >= 15 is 0 Å². The number of guanidine groups is 1. The van der Waals surface area contributed by atoms with E-state index in [1.54, 1.807) is 37.6 Å². The zero-order chi connectivity index (χ0) is 19.7. The minimum Gasteiger partial charge on any atom is -0.355 e. The van der Waals surface area contributed by atoms with Gasteiger partial charge in [0.2, 0.25) is 10.0 Å². The number of aliphatic imine (C=N–C) groups is 1. The molecule has 9 nitrogen and oxygen atoms in total. The molecule has 1 aromatic carbocycles. The van der Waals surface area contributed by atoms with Gasteiger partial charge >= 0.3 is 0 Å². The van der Waals surface area contributed by atoms with Gasteiger partial charge in [0.1, 0.15) is 12.2 Å². The van der Waals surface area contributed by atoms with Gasteiger partial charge in [0.05, 0.1) is 4.90 Å². The molecule has 0 radical (unpaired) electrons. The predicted molar refractivity (Wildman–Crippen MR) is 105 cm³/mol. The Hall–Kier alpha value is -2.46. The Labute approximate surface area is 160 Å². The Morgan fingerprint density at radius 3 is 2.52 bits per heavy atom. The number of hydrogen-bond donors (Lipinski definition) is 3. The second-order valence-corrected chi connectivity index (χ2v) is 7.70. The van der Waals surface area contributed by atoms with Crippen molar-refractivity contribution in [3.05, 3.63) is 42.0 Å². The molecule has 0 saturated heterocycles. The molecule has 0 aliphatic heterocycles. The first-order chi connectivity index (χ1) is 13.0. The summed E-state index contributed by atoms with van der Waals surface area (Å²) in [5, 5.41) is 14.2. The van der Waals surface area contributed by atoms with Crippen LogP contribution in [0.3, 0.4) is 0 Å². The molecule has 0 spiro atoms. The average Bonchev–Trinajstić information content (AvgIpc) is 3.11. The van der Waals surface area contributed by atoms with Gasteiger partial charge in [0.15, 0.2) is 5.96 Å². The van der Waals surface area contributed by atoms with Crippen molar-refractivity contribution >= 4 is 16.0 Å². The lowest BCUT2D eigenvalue weighted by Gasteiger charge is -2.13. The summed E-state index contributed by atoms with van der Waals surface area (Å²) in [6.45, 7) is 5.99. The van der Waals surface area contributed by atoms with E-state index in [2.05, 4.69) is 30.5 Å². The van der Waals surface area contributed by atoms with Crippen LogP contribution in [0.2, 0.25) is 0 Å². The van der Waals surface area contributed by atoms with Crippen molar-refractivity contribution in [2.75, 3.05) is 26.7 Å². The molecule has 0 saturated carbocycles. The summed E-state index contributed by atoms with van der Waals surface area (Å²) in [6, 6.07) is 6.75. The summed E-state index contributed by atoms with van der Waals surface area (Å²) in [5.74, 6) is 1.54. The molecule has 0 amide bonds. The van der Waals surface area contributed by atoms with Crippen molar-refractivity contribution in [2.24, 2.45) is 4.99 Å². The Morgan fingerprint density at radius 1 is 1.15 bits per heavy atom. The second-order valence-electron chi connectivity index (χ2n) is 5.93. The largest absolute Gasteiger partial charge is 0.355 e. The number of hydrogen-bond acceptors (Lipinski definition) is 5. The van der Waals surface area contributed by atoms with E-state index in [0.29, 0.717) is 19.0 Å². The van der Waals surface area contributed by atoms with Crippen LogP contribution in [0.5, 0.6) is 0 Å². The zero-order valence-corrected chi connectivity index (χ0v) is 16.8. The van der Waals surface area contributed by atoms with E-state index in [1.165, 1.54) is 0 Å². The molecule has 0 bridgehead atoms.